The van der Waals surface area contributed by atoms with Crippen LogP contribution in [0.3, 0.4) is 0 Å². The average molecular weight is 471 g/mol. The number of carbonyl (C=O) groups excluding carboxylic acids is 2. The third-order valence-corrected chi connectivity index (χ3v) is 5.11. The van der Waals surface area contributed by atoms with Gasteiger partial charge in [0.1, 0.15) is 5.75 Å². The van der Waals surface area contributed by atoms with Crippen LogP contribution in [-0.2, 0) is 6.42 Å². The minimum absolute atomic E-state index is 0.194. The van der Waals surface area contributed by atoms with Crippen LogP contribution in [0.1, 0.15) is 32.9 Å². The van der Waals surface area contributed by atoms with E-state index < -0.39 is 0 Å². The molecular formula is C23H23BrN2O4. The molecule has 0 fully saturated rings. The Hall–Kier alpha value is -3.06. The number of benzene rings is 2. The van der Waals surface area contributed by atoms with Crippen molar-refractivity contribution >= 4 is 33.4 Å². The van der Waals surface area contributed by atoms with E-state index in [2.05, 4.69) is 21.2 Å². The number of ether oxygens (including phenoxy) is 1. The topological polar surface area (TPSA) is 71.8 Å². The Morgan fingerprint density at radius 2 is 1.80 bits per heavy atom. The van der Waals surface area contributed by atoms with Gasteiger partial charge in [-0.1, -0.05) is 24.3 Å². The predicted molar refractivity (Wildman–Crippen MR) is 119 cm³/mol. The van der Waals surface area contributed by atoms with Crippen LogP contribution in [0.4, 0.5) is 5.69 Å². The fourth-order valence-electron chi connectivity index (χ4n) is 3.04. The number of rotatable bonds is 8. The maximum Gasteiger partial charge on any atom is 0.293 e. The number of hydrogen-bond acceptors (Lipinski definition) is 4. The summed E-state index contributed by atoms with van der Waals surface area (Å²) in [5.41, 5.74) is 2.13. The van der Waals surface area contributed by atoms with Crippen molar-refractivity contribution in [1.29, 1.82) is 0 Å². The fourth-order valence-corrected chi connectivity index (χ4v) is 3.35. The van der Waals surface area contributed by atoms with Gasteiger partial charge in [0.25, 0.3) is 11.8 Å². The summed E-state index contributed by atoms with van der Waals surface area (Å²) in [5.74, 6) is 0.462. The van der Waals surface area contributed by atoms with Crippen LogP contribution in [0.2, 0.25) is 0 Å². The lowest BCUT2D eigenvalue weighted by molar-refractivity contribution is 0.0953. The molecule has 1 heterocycles. The Bertz CT molecular complexity index is 1010. The lowest BCUT2D eigenvalue weighted by Gasteiger charge is -2.19. The molecule has 3 rings (SSSR count). The highest BCUT2D eigenvalue weighted by Crippen LogP contribution is 2.23. The standard InChI is InChI=1S/C23H23BrN2O4/c1-26(23(28)20-13-14-21(24)30-20)19-8-4-3-7-18(19)22(27)25-15-5-6-16-9-11-17(29-2)12-10-16/h3-4,7-14H,5-6,15H2,1-2H3,(H,25,27). The average Bonchev–Trinajstić information content (AvgIpc) is 3.22. The van der Waals surface area contributed by atoms with Gasteiger partial charge in [0.05, 0.1) is 18.4 Å². The van der Waals surface area contributed by atoms with Crippen LogP contribution < -0.4 is 15.0 Å². The maximum atomic E-state index is 12.7. The van der Waals surface area contributed by atoms with Gasteiger partial charge in [0, 0.05) is 13.6 Å². The molecule has 3 aromatic rings. The number of nitrogens with zero attached hydrogens (tertiary/aromatic N) is 1. The molecule has 0 bridgehead atoms. The number of para-hydroxylation sites is 1. The van der Waals surface area contributed by atoms with E-state index in [4.69, 9.17) is 9.15 Å². The number of methoxy groups -OCH3 is 1. The number of aryl methyl sites for hydroxylation is 1. The van der Waals surface area contributed by atoms with E-state index in [9.17, 15) is 9.59 Å². The summed E-state index contributed by atoms with van der Waals surface area (Å²) in [7, 11) is 3.26. The molecule has 0 aliphatic rings. The van der Waals surface area contributed by atoms with Gasteiger partial charge in [-0.3, -0.25) is 9.59 Å². The highest BCUT2D eigenvalue weighted by atomic mass is 79.9. The molecule has 0 saturated carbocycles. The van der Waals surface area contributed by atoms with Gasteiger partial charge in [0.15, 0.2) is 10.4 Å². The van der Waals surface area contributed by atoms with Crippen LogP contribution in [0.5, 0.6) is 5.75 Å². The molecule has 0 spiro atoms. The number of halogens is 1. The highest BCUT2D eigenvalue weighted by Gasteiger charge is 2.21. The Labute approximate surface area is 184 Å². The lowest BCUT2D eigenvalue weighted by Crippen LogP contribution is -2.31. The third-order valence-electron chi connectivity index (χ3n) is 4.69. The largest absolute Gasteiger partial charge is 0.497 e. The van der Waals surface area contributed by atoms with Crippen LogP contribution in [0.25, 0.3) is 0 Å². The number of carbonyl (C=O) groups is 2. The summed E-state index contributed by atoms with van der Waals surface area (Å²) in [4.78, 5) is 26.8. The summed E-state index contributed by atoms with van der Waals surface area (Å²) in [6, 6.07) is 18.1. The zero-order valence-electron chi connectivity index (χ0n) is 16.9. The molecule has 2 aromatic carbocycles. The minimum Gasteiger partial charge on any atom is -0.497 e. The van der Waals surface area contributed by atoms with Crippen molar-refractivity contribution in [3.05, 3.63) is 82.2 Å². The van der Waals surface area contributed by atoms with E-state index in [1.165, 1.54) is 10.5 Å². The van der Waals surface area contributed by atoms with E-state index in [0.29, 0.717) is 22.5 Å². The molecule has 6 nitrogen and oxygen atoms in total. The molecule has 0 atom stereocenters. The molecule has 0 aliphatic heterocycles. The van der Waals surface area contributed by atoms with Crippen LogP contribution in [0, 0.1) is 0 Å². The molecule has 30 heavy (non-hydrogen) atoms. The second-order valence-electron chi connectivity index (χ2n) is 6.69. The SMILES string of the molecule is COc1ccc(CCCNC(=O)c2ccccc2N(C)C(=O)c2ccc(Br)o2)cc1. The van der Waals surface area contributed by atoms with Crippen LogP contribution >= 0.6 is 15.9 Å². The van der Waals surface area contributed by atoms with E-state index in [1.54, 1.807) is 50.6 Å². The monoisotopic (exact) mass is 470 g/mol. The Balaban J connectivity index is 1.60. The molecule has 1 aromatic heterocycles. The first-order valence-electron chi connectivity index (χ1n) is 9.53. The lowest BCUT2D eigenvalue weighted by atomic mass is 10.1. The number of nitrogens with one attached hydrogen (secondary N) is 1. The molecule has 0 saturated heterocycles. The molecule has 0 aliphatic carbocycles. The van der Waals surface area contributed by atoms with Gasteiger partial charge >= 0.3 is 0 Å². The fraction of sp³-hybridized carbons (Fsp3) is 0.217. The van der Waals surface area contributed by atoms with Gasteiger partial charge in [-0.25, -0.2) is 0 Å². The molecule has 1 N–H and O–H groups in total. The van der Waals surface area contributed by atoms with Crippen molar-refractivity contribution in [1.82, 2.24) is 5.32 Å². The molecule has 0 unspecified atom stereocenters. The van der Waals surface area contributed by atoms with Crippen molar-refractivity contribution in [2.45, 2.75) is 12.8 Å². The van der Waals surface area contributed by atoms with E-state index >= 15 is 0 Å². The molecule has 2 amide bonds. The highest BCUT2D eigenvalue weighted by molar-refractivity contribution is 9.10. The van der Waals surface area contributed by atoms with Crippen molar-refractivity contribution in [2.24, 2.45) is 0 Å². The summed E-state index contributed by atoms with van der Waals surface area (Å²) in [5, 5.41) is 2.94. The van der Waals surface area contributed by atoms with E-state index in [-0.39, 0.29) is 17.6 Å². The number of furan rings is 1. The summed E-state index contributed by atoms with van der Waals surface area (Å²) < 4.78 is 11.0. The minimum atomic E-state index is -0.333. The zero-order valence-corrected chi connectivity index (χ0v) is 18.4. The van der Waals surface area contributed by atoms with E-state index in [0.717, 1.165) is 18.6 Å². The Morgan fingerprint density at radius 3 is 2.47 bits per heavy atom. The van der Waals surface area contributed by atoms with Gasteiger partial charge in [-0.2, -0.15) is 0 Å². The maximum absolute atomic E-state index is 12.7. The van der Waals surface area contributed by atoms with Crippen LogP contribution in [0.15, 0.2) is 69.8 Å². The zero-order chi connectivity index (χ0) is 21.5. The second-order valence-corrected chi connectivity index (χ2v) is 7.47. The van der Waals surface area contributed by atoms with Gasteiger partial charge in [-0.05, 0) is 70.7 Å². The Kier molecular flexibility index (Phi) is 7.30. The number of hydrogen-bond donors (Lipinski definition) is 1. The molecule has 7 heteroatoms. The van der Waals surface area contributed by atoms with E-state index in [1.807, 2.05) is 24.3 Å². The smallest absolute Gasteiger partial charge is 0.293 e. The normalized spacial score (nSPS) is 10.5. The Morgan fingerprint density at radius 1 is 1.07 bits per heavy atom. The molecular weight excluding hydrogens is 448 g/mol. The second kappa shape index (κ2) is 10.1. The summed E-state index contributed by atoms with van der Waals surface area (Å²) >= 11 is 3.19. The van der Waals surface area contributed by atoms with Gasteiger partial charge in [-0.15, -0.1) is 0 Å². The summed E-state index contributed by atoms with van der Waals surface area (Å²) in [6.45, 7) is 0.530. The third kappa shape index (κ3) is 5.30. The van der Waals surface area contributed by atoms with Crippen molar-refractivity contribution < 1.29 is 18.7 Å². The number of anilines is 1. The quantitative estimate of drug-likeness (QED) is 0.484. The van der Waals surface area contributed by atoms with Crippen molar-refractivity contribution in [3.63, 3.8) is 0 Å². The summed E-state index contributed by atoms with van der Waals surface area (Å²) in [6.07, 6.45) is 1.65. The van der Waals surface area contributed by atoms with Gasteiger partial charge < -0.3 is 19.4 Å². The first-order valence-corrected chi connectivity index (χ1v) is 10.3. The van der Waals surface area contributed by atoms with Crippen molar-refractivity contribution in [2.75, 3.05) is 25.6 Å². The molecule has 0 radical (unpaired) electrons. The first-order chi connectivity index (χ1) is 14.5. The van der Waals surface area contributed by atoms with Crippen molar-refractivity contribution in [3.8, 4) is 5.75 Å². The predicted octanol–water partition coefficient (Wildman–Crippen LogP) is 4.69. The van der Waals surface area contributed by atoms with Crippen LogP contribution in [-0.4, -0.2) is 32.5 Å². The van der Waals surface area contributed by atoms with Gasteiger partial charge in [0.2, 0.25) is 0 Å². The first kappa shape index (κ1) is 21.6. The molecule has 156 valence electrons. The number of amides is 2.